The number of anilines is 1. The van der Waals surface area contributed by atoms with Crippen molar-refractivity contribution in [2.75, 3.05) is 19.5 Å². The molecule has 1 heterocycles. The highest BCUT2D eigenvalue weighted by atomic mass is 19.1. The predicted molar refractivity (Wildman–Crippen MR) is 119 cm³/mol. The van der Waals surface area contributed by atoms with Crippen molar-refractivity contribution in [1.82, 2.24) is 5.32 Å². The molecule has 2 N–H and O–H groups in total. The van der Waals surface area contributed by atoms with Crippen LogP contribution >= 0.6 is 0 Å². The minimum atomic E-state index is -0.894. The van der Waals surface area contributed by atoms with E-state index in [2.05, 4.69) is 10.6 Å². The molecule has 0 fully saturated rings. The third kappa shape index (κ3) is 4.08. The SMILES string of the molecule is COc1cccc(C2C(C(=O)Nc3ccc(F)cc3F)=C(C)NC3=C2C(=O)CCC3)c1OC. The van der Waals surface area contributed by atoms with E-state index in [9.17, 15) is 18.4 Å². The first kappa shape index (κ1) is 22.5. The lowest BCUT2D eigenvalue weighted by Crippen LogP contribution is -2.35. The zero-order chi connectivity index (χ0) is 23.7. The highest BCUT2D eigenvalue weighted by Gasteiger charge is 2.40. The Balaban J connectivity index is 1.86. The lowest BCUT2D eigenvalue weighted by Gasteiger charge is -2.35. The van der Waals surface area contributed by atoms with E-state index in [1.807, 2.05) is 0 Å². The van der Waals surface area contributed by atoms with Crippen LogP contribution in [0.2, 0.25) is 0 Å². The predicted octanol–water partition coefficient (Wildman–Crippen LogP) is 4.59. The summed E-state index contributed by atoms with van der Waals surface area (Å²) in [6, 6.07) is 8.19. The van der Waals surface area contributed by atoms with E-state index in [-0.39, 0.29) is 17.0 Å². The number of benzene rings is 2. The number of hydrogen-bond acceptors (Lipinski definition) is 5. The van der Waals surface area contributed by atoms with E-state index in [1.54, 1.807) is 25.1 Å². The fourth-order valence-corrected chi connectivity index (χ4v) is 4.52. The first-order valence-corrected chi connectivity index (χ1v) is 10.6. The van der Waals surface area contributed by atoms with Crippen LogP contribution in [-0.4, -0.2) is 25.9 Å². The van der Waals surface area contributed by atoms with Crippen LogP contribution in [0.3, 0.4) is 0 Å². The van der Waals surface area contributed by atoms with Gasteiger partial charge in [0.25, 0.3) is 5.91 Å². The molecule has 2 aromatic carbocycles. The molecule has 1 unspecified atom stereocenters. The van der Waals surface area contributed by atoms with Gasteiger partial charge in [0.15, 0.2) is 17.3 Å². The molecule has 0 saturated carbocycles. The topological polar surface area (TPSA) is 76.7 Å². The molecule has 0 radical (unpaired) electrons. The Morgan fingerprint density at radius 3 is 2.61 bits per heavy atom. The maximum absolute atomic E-state index is 14.3. The second kappa shape index (κ2) is 9.05. The first-order chi connectivity index (χ1) is 15.8. The molecule has 2 aromatic rings. The van der Waals surface area contributed by atoms with E-state index in [1.165, 1.54) is 14.2 Å². The van der Waals surface area contributed by atoms with Crippen LogP contribution < -0.4 is 20.1 Å². The Bertz CT molecular complexity index is 1200. The minimum absolute atomic E-state index is 0.0654. The Labute approximate surface area is 190 Å². The summed E-state index contributed by atoms with van der Waals surface area (Å²) >= 11 is 0. The normalized spacial score (nSPS) is 18.0. The number of hydrogen-bond donors (Lipinski definition) is 2. The van der Waals surface area contributed by atoms with Crippen LogP contribution in [0.5, 0.6) is 11.5 Å². The van der Waals surface area contributed by atoms with Gasteiger partial charge in [0.05, 0.1) is 25.8 Å². The van der Waals surface area contributed by atoms with Crippen molar-refractivity contribution in [3.63, 3.8) is 0 Å². The summed E-state index contributed by atoms with van der Waals surface area (Å²) in [6.07, 6.45) is 1.74. The Morgan fingerprint density at radius 2 is 1.91 bits per heavy atom. The molecule has 0 saturated heterocycles. The lowest BCUT2D eigenvalue weighted by molar-refractivity contribution is -0.116. The number of halogens is 2. The number of nitrogens with one attached hydrogen (secondary N) is 2. The standard InChI is InChI=1S/C25H24F2N2O4/c1-13-21(25(31)29-17-11-10-14(26)12-16(17)27)22(23-18(28-13)7-5-8-19(23)30)15-6-4-9-20(32-2)24(15)33-3/h4,6,9-12,22,28H,5,7-8H2,1-3H3,(H,29,31). The summed E-state index contributed by atoms with van der Waals surface area (Å²) in [4.78, 5) is 26.5. The Kier molecular flexibility index (Phi) is 6.18. The first-order valence-electron chi connectivity index (χ1n) is 10.6. The molecule has 6 nitrogen and oxygen atoms in total. The maximum Gasteiger partial charge on any atom is 0.254 e. The summed E-state index contributed by atoms with van der Waals surface area (Å²) in [7, 11) is 3.00. The van der Waals surface area contributed by atoms with Gasteiger partial charge in [-0.15, -0.1) is 0 Å². The van der Waals surface area contributed by atoms with Crippen LogP contribution in [0.1, 0.15) is 37.7 Å². The van der Waals surface area contributed by atoms with Crippen LogP contribution in [0.4, 0.5) is 14.5 Å². The molecule has 8 heteroatoms. The fourth-order valence-electron chi connectivity index (χ4n) is 4.52. The van der Waals surface area contributed by atoms with Gasteiger partial charge in [0.2, 0.25) is 0 Å². The lowest BCUT2D eigenvalue weighted by atomic mass is 9.74. The van der Waals surface area contributed by atoms with Gasteiger partial charge in [0.1, 0.15) is 11.6 Å². The average Bonchev–Trinajstić information content (AvgIpc) is 2.79. The molecule has 1 amide bonds. The summed E-state index contributed by atoms with van der Waals surface area (Å²) in [6.45, 7) is 1.73. The van der Waals surface area contributed by atoms with Gasteiger partial charge in [0, 0.05) is 40.6 Å². The number of allylic oxidation sites excluding steroid dienone is 3. The number of methoxy groups -OCH3 is 2. The van der Waals surface area contributed by atoms with E-state index >= 15 is 0 Å². The molecule has 2 aliphatic rings. The molecular weight excluding hydrogens is 430 g/mol. The molecule has 4 rings (SSSR count). The number of rotatable bonds is 5. The molecule has 0 aromatic heterocycles. The molecule has 172 valence electrons. The molecule has 0 bridgehead atoms. The molecule has 0 spiro atoms. The summed E-state index contributed by atoms with van der Waals surface area (Å²) < 4.78 is 38.6. The molecule has 1 aliphatic carbocycles. The van der Waals surface area contributed by atoms with Crippen molar-refractivity contribution in [3.8, 4) is 11.5 Å². The van der Waals surface area contributed by atoms with Crippen molar-refractivity contribution < 1.29 is 27.8 Å². The van der Waals surface area contributed by atoms with Crippen LogP contribution in [0, 0.1) is 11.6 Å². The fraction of sp³-hybridized carbons (Fsp3) is 0.280. The van der Waals surface area contributed by atoms with Gasteiger partial charge in [-0.1, -0.05) is 12.1 Å². The zero-order valence-corrected chi connectivity index (χ0v) is 18.6. The summed E-state index contributed by atoms with van der Waals surface area (Å²) in [5.41, 5.74) is 2.47. The van der Waals surface area contributed by atoms with E-state index in [0.717, 1.165) is 17.8 Å². The number of carbonyl (C=O) groups excluding carboxylic acids is 2. The van der Waals surface area contributed by atoms with Gasteiger partial charge in [-0.3, -0.25) is 9.59 Å². The van der Waals surface area contributed by atoms with Gasteiger partial charge in [-0.25, -0.2) is 8.78 Å². The van der Waals surface area contributed by atoms with Crippen molar-refractivity contribution >= 4 is 17.4 Å². The maximum atomic E-state index is 14.3. The second-order valence-corrected chi connectivity index (χ2v) is 7.93. The quantitative estimate of drug-likeness (QED) is 0.691. The van der Waals surface area contributed by atoms with Gasteiger partial charge < -0.3 is 20.1 Å². The number of amides is 1. The minimum Gasteiger partial charge on any atom is -0.493 e. The smallest absolute Gasteiger partial charge is 0.254 e. The number of carbonyl (C=O) groups is 2. The number of ether oxygens (including phenoxy) is 2. The number of ketones is 1. The largest absolute Gasteiger partial charge is 0.493 e. The van der Waals surface area contributed by atoms with E-state index in [4.69, 9.17) is 9.47 Å². The Hall–Kier alpha value is -3.68. The highest BCUT2D eigenvalue weighted by Crippen LogP contribution is 2.47. The third-order valence-electron chi connectivity index (χ3n) is 5.94. The average molecular weight is 454 g/mol. The highest BCUT2D eigenvalue weighted by molar-refractivity contribution is 6.10. The van der Waals surface area contributed by atoms with Gasteiger partial charge in [-0.05, 0) is 38.0 Å². The van der Waals surface area contributed by atoms with Crippen molar-refractivity contribution in [1.29, 1.82) is 0 Å². The molecule has 1 atom stereocenters. The van der Waals surface area contributed by atoms with Crippen molar-refractivity contribution in [2.45, 2.75) is 32.1 Å². The van der Waals surface area contributed by atoms with E-state index < -0.39 is 23.5 Å². The van der Waals surface area contributed by atoms with Crippen LogP contribution in [0.25, 0.3) is 0 Å². The second-order valence-electron chi connectivity index (χ2n) is 7.93. The van der Waals surface area contributed by atoms with Gasteiger partial charge >= 0.3 is 0 Å². The molecule has 1 aliphatic heterocycles. The number of para-hydroxylation sites is 1. The number of Topliss-reactive ketones (excluding diaryl/α,β-unsaturated/α-hetero) is 1. The molecule has 33 heavy (non-hydrogen) atoms. The third-order valence-corrected chi connectivity index (χ3v) is 5.94. The zero-order valence-electron chi connectivity index (χ0n) is 18.6. The Morgan fingerprint density at radius 1 is 1.12 bits per heavy atom. The summed E-state index contributed by atoms with van der Waals surface area (Å²) in [5, 5.41) is 5.74. The summed E-state index contributed by atoms with van der Waals surface area (Å²) in [5.74, 6) is -2.20. The van der Waals surface area contributed by atoms with Gasteiger partial charge in [-0.2, -0.15) is 0 Å². The van der Waals surface area contributed by atoms with Crippen molar-refractivity contribution in [3.05, 3.63) is 76.1 Å². The van der Waals surface area contributed by atoms with Crippen molar-refractivity contribution in [2.24, 2.45) is 0 Å². The monoisotopic (exact) mass is 454 g/mol. The van der Waals surface area contributed by atoms with E-state index in [0.29, 0.717) is 53.7 Å². The number of dihydropyridines is 1. The molecular formula is C25H24F2N2O4. The van der Waals surface area contributed by atoms with Crippen LogP contribution in [0.15, 0.2) is 58.9 Å². The van der Waals surface area contributed by atoms with Crippen LogP contribution in [-0.2, 0) is 9.59 Å².